The summed E-state index contributed by atoms with van der Waals surface area (Å²) in [4.78, 5) is 11.4. The lowest BCUT2D eigenvalue weighted by Crippen LogP contribution is -2.38. The molecule has 2 aromatic rings. The van der Waals surface area contributed by atoms with Gasteiger partial charge in [-0.3, -0.25) is 9.98 Å². The van der Waals surface area contributed by atoms with Crippen LogP contribution in [0.5, 0.6) is 0 Å². The monoisotopic (exact) mass is 367 g/mol. The third-order valence-corrected chi connectivity index (χ3v) is 4.32. The van der Waals surface area contributed by atoms with Crippen LogP contribution in [0, 0.1) is 0 Å². The van der Waals surface area contributed by atoms with Crippen LogP contribution >= 0.6 is 15.9 Å². The molecular weight excluding hydrogens is 354 g/mol. The Hall–Kier alpha value is -2.34. The molecule has 0 saturated heterocycles. The van der Waals surface area contributed by atoms with E-state index in [0.717, 1.165) is 45.2 Å². The summed E-state index contributed by atoms with van der Waals surface area (Å²) in [6, 6.07) is 12.1. The number of halogens is 1. The number of rotatable bonds is 1. The molecule has 0 bridgehead atoms. The maximum atomic E-state index is 4.78. The molecule has 3 heterocycles. The van der Waals surface area contributed by atoms with E-state index in [1.807, 2.05) is 31.2 Å². The standard InChI is InChI=1S/C17H14BrN5/c1-11-10-23-15-6-5-12(18)8-13(15)17(14-4-2-3-7-19-14)20-9-16(23)22-21-11/h2-8H,9-10H2,1H3. The van der Waals surface area contributed by atoms with Gasteiger partial charge in [0.1, 0.15) is 0 Å². The predicted octanol–water partition coefficient (Wildman–Crippen LogP) is 3.29. The number of pyridine rings is 1. The zero-order valence-electron chi connectivity index (χ0n) is 12.6. The third kappa shape index (κ3) is 2.59. The fourth-order valence-electron chi connectivity index (χ4n) is 2.78. The van der Waals surface area contributed by atoms with Crippen molar-refractivity contribution in [3.8, 4) is 0 Å². The zero-order chi connectivity index (χ0) is 15.8. The van der Waals surface area contributed by atoms with Gasteiger partial charge in [-0.15, -0.1) is 5.10 Å². The highest BCUT2D eigenvalue weighted by Crippen LogP contribution is 2.30. The van der Waals surface area contributed by atoms with E-state index in [4.69, 9.17) is 4.99 Å². The first-order valence-corrected chi connectivity index (χ1v) is 8.15. The van der Waals surface area contributed by atoms with Gasteiger partial charge in [0, 0.05) is 16.2 Å². The molecule has 0 N–H and O–H groups in total. The summed E-state index contributed by atoms with van der Waals surface area (Å²) < 4.78 is 1.02. The van der Waals surface area contributed by atoms with Crippen LogP contribution in [0.2, 0.25) is 0 Å². The highest BCUT2D eigenvalue weighted by atomic mass is 79.9. The van der Waals surface area contributed by atoms with Crippen LogP contribution in [0.3, 0.4) is 0 Å². The van der Waals surface area contributed by atoms with E-state index in [1.165, 1.54) is 0 Å². The quantitative estimate of drug-likeness (QED) is 0.776. The van der Waals surface area contributed by atoms with Crippen molar-refractivity contribution in [1.29, 1.82) is 0 Å². The van der Waals surface area contributed by atoms with E-state index in [0.29, 0.717) is 6.54 Å². The van der Waals surface area contributed by atoms with E-state index >= 15 is 0 Å². The second kappa shape index (κ2) is 5.70. The first-order chi connectivity index (χ1) is 11.2. The number of benzene rings is 1. The van der Waals surface area contributed by atoms with Crippen molar-refractivity contribution in [1.82, 2.24) is 4.98 Å². The van der Waals surface area contributed by atoms with Crippen molar-refractivity contribution in [3.63, 3.8) is 0 Å². The number of aromatic nitrogens is 1. The number of hydrogen-bond acceptors (Lipinski definition) is 5. The average molecular weight is 368 g/mol. The fourth-order valence-corrected chi connectivity index (χ4v) is 3.14. The molecule has 2 aliphatic rings. The first-order valence-electron chi connectivity index (χ1n) is 7.36. The highest BCUT2D eigenvalue weighted by molar-refractivity contribution is 9.10. The number of nitrogens with zero attached hydrogens (tertiary/aromatic N) is 5. The van der Waals surface area contributed by atoms with Gasteiger partial charge in [0.15, 0.2) is 5.84 Å². The highest BCUT2D eigenvalue weighted by Gasteiger charge is 2.26. The van der Waals surface area contributed by atoms with E-state index < -0.39 is 0 Å². The SMILES string of the molecule is CC1=NN=C2CN=C(c3ccccn3)c3cc(Br)ccc3N2C1. The lowest BCUT2D eigenvalue weighted by Gasteiger charge is -2.27. The third-order valence-electron chi connectivity index (χ3n) is 3.83. The molecule has 114 valence electrons. The zero-order valence-corrected chi connectivity index (χ0v) is 14.2. The molecular formula is C17H14BrN5. The molecule has 2 aliphatic heterocycles. The Morgan fingerprint density at radius 3 is 2.87 bits per heavy atom. The summed E-state index contributed by atoms with van der Waals surface area (Å²) in [6.07, 6.45) is 1.79. The normalized spacial score (nSPS) is 16.6. The van der Waals surface area contributed by atoms with Crippen molar-refractivity contribution >= 4 is 38.9 Å². The number of anilines is 1. The summed E-state index contributed by atoms with van der Waals surface area (Å²) in [5, 5.41) is 8.55. The van der Waals surface area contributed by atoms with Crippen LogP contribution in [0.4, 0.5) is 5.69 Å². The smallest absolute Gasteiger partial charge is 0.154 e. The number of amidine groups is 1. The van der Waals surface area contributed by atoms with Gasteiger partial charge in [0.2, 0.25) is 0 Å². The molecule has 0 fully saturated rings. The van der Waals surface area contributed by atoms with Gasteiger partial charge in [-0.05, 0) is 37.3 Å². The van der Waals surface area contributed by atoms with Crippen molar-refractivity contribution in [2.75, 3.05) is 18.0 Å². The second-order valence-electron chi connectivity index (χ2n) is 5.48. The number of aliphatic imine (C=N–C) groups is 1. The summed E-state index contributed by atoms with van der Waals surface area (Å²) in [7, 11) is 0. The Morgan fingerprint density at radius 2 is 2.04 bits per heavy atom. The number of fused-ring (bicyclic) bond motifs is 3. The van der Waals surface area contributed by atoms with E-state index in [1.54, 1.807) is 6.20 Å². The summed E-state index contributed by atoms with van der Waals surface area (Å²) in [6.45, 7) is 3.22. The van der Waals surface area contributed by atoms with Gasteiger partial charge in [0.25, 0.3) is 0 Å². The second-order valence-corrected chi connectivity index (χ2v) is 6.39. The molecule has 6 heteroatoms. The van der Waals surface area contributed by atoms with Gasteiger partial charge >= 0.3 is 0 Å². The molecule has 0 saturated carbocycles. The lowest BCUT2D eigenvalue weighted by atomic mass is 10.0. The van der Waals surface area contributed by atoms with Gasteiger partial charge < -0.3 is 4.90 Å². The fraction of sp³-hybridized carbons (Fsp3) is 0.176. The summed E-state index contributed by atoms with van der Waals surface area (Å²) in [5.74, 6) is 0.866. The van der Waals surface area contributed by atoms with Crippen LogP contribution in [0.1, 0.15) is 18.2 Å². The lowest BCUT2D eigenvalue weighted by molar-refractivity contribution is 1.03. The Kier molecular flexibility index (Phi) is 3.53. The molecule has 0 spiro atoms. The molecule has 0 radical (unpaired) electrons. The average Bonchev–Trinajstić information content (AvgIpc) is 2.72. The molecule has 0 atom stereocenters. The van der Waals surface area contributed by atoms with Crippen molar-refractivity contribution in [2.45, 2.75) is 6.92 Å². The molecule has 0 unspecified atom stereocenters. The Labute approximate surface area is 142 Å². The molecule has 1 aromatic heterocycles. The maximum absolute atomic E-state index is 4.78. The molecule has 0 amide bonds. The maximum Gasteiger partial charge on any atom is 0.154 e. The molecule has 4 rings (SSSR count). The van der Waals surface area contributed by atoms with Gasteiger partial charge in [-0.2, -0.15) is 5.10 Å². The van der Waals surface area contributed by atoms with E-state index in [9.17, 15) is 0 Å². The van der Waals surface area contributed by atoms with Crippen molar-refractivity contribution < 1.29 is 0 Å². The Bertz CT molecular complexity index is 855. The van der Waals surface area contributed by atoms with E-state index in [-0.39, 0.29) is 0 Å². The Balaban J connectivity index is 1.92. The van der Waals surface area contributed by atoms with Crippen molar-refractivity contribution in [3.05, 3.63) is 58.3 Å². The minimum atomic E-state index is 0.495. The number of hydrogen-bond donors (Lipinski definition) is 0. The van der Waals surface area contributed by atoms with Crippen LogP contribution in [-0.4, -0.2) is 35.3 Å². The molecule has 1 aromatic carbocycles. The van der Waals surface area contributed by atoms with Gasteiger partial charge in [-0.25, -0.2) is 0 Å². The van der Waals surface area contributed by atoms with Crippen LogP contribution in [0.25, 0.3) is 0 Å². The molecule has 0 aliphatic carbocycles. The molecule has 5 nitrogen and oxygen atoms in total. The minimum Gasteiger partial charge on any atom is -0.320 e. The molecule has 23 heavy (non-hydrogen) atoms. The summed E-state index contributed by atoms with van der Waals surface area (Å²) in [5.41, 5.74) is 4.88. The van der Waals surface area contributed by atoms with Gasteiger partial charge in [0.05, 0.1) is 35.9 Å². The van der Waals surface area contributed by atoms with E-state index in [2.05, 4.69) is 48.1 Å². The topological polar surface area (TPSA) is 53.2 Å². The van der Waals surface area contributed by atoms with Crippen LogP contribution in [0.15, 0.2) is 62.3 Å². The first kappa shape index (κ1) is 14.3. The van der Waals surface area contributed by atoms with Crippen LogP contribution < -0.4 is 4.90 Å². The van der Waals surface area contributed by atoms with Crippen LogP contribution in [-0.2, 0) is 0 Å². The summed E-state index contributed by atoms with van der Waals surface area (Å²) >= 11 is 3.57. The van der Waals surface area contributed by atoms with Gasteiger partial charge in [-0.1, -0.05) is 22.0 Å². The largest absolute Gasteiger partial charge is 0.320 e. The Morgan fingerprint density at radius 1 is 1.13 bits per heavy atom. The predicted molar refractivity (Wildman–Crippen MR) is 96.8 cm³/mol. The van der Waals surface area contributed by atoms with Crippen molar-refractivity contribution in [2.24, 2.45) is 15.2 Å². The minimum absolute atomic E-state index is 0.495.